The fourth-order valence-corrected chi connectivity index (χ4v) is 2.54. The molecule has 0 saturated carbocycles. The molecule has 0 bridgehead atoms. The monoisotopic (exact) mass is 356 g/mol. The fourth-order valence-electron chi connectivity index (χ4n) is 2.54. The lowest BCUT2D eigenvalue weighted by Crippen LogP contribution is -2.45. The van der Waals surface area contributed by atoms with Gasteiger partial charge in [-0.25, -0.2) is 5.84 Å². The first-order chi connectivity index (χ1) is 12.3. The molecule has 2 aromatic rings. The third kappa shape index (κ3) is 4.73. The van der Waals surface area contributed by atoms with Gasteiger partial charge in [-0.3, -0.25) is 14.6 Å². The summed E-state index contributed by atoms with van der Waals surface area (Å²) in [4.78, 5) is 24.5. The Labute approximate surface area is 152 Å². The number of hydrogen-bond acceptors (Lipinski definition) is 5. The van der Waals surface area contributed by atoms with Crippen molar-refractivity contribution in [1.29, 1.82) is 0 Å². The highest BCUT2D eigenvalue weighted by molar-refractivity contribution is 6.01. The molecule has 0 unspecified atom stereocenters. The number of rotatable bonds is 6. The van der Waals surface area contributed by atoms with Gasteiger partial charge in [0.15, 0.2) is 0 Å². The predicted octanol–water partition coefficient (Wildman–Crippen LogP) is 1.53. The van der Waals surface area contributed by atoms with E-state index in [-0.39, 0.29) is 12.5 Å². The lowest BCUT2D eigenvalue weighted by atomic mass is 10.0. The zero-order valence-electron chi connectivity index (χ0n) is 15.2. The van der Waals surface area contributed by atoms with Crippen molar-refractivity contribution in [2.75, 3.05) is 19.4 Å². The molecule has 2 amide bonds. The smallest absolute Gasteiger partial charge is 0.270 e. The number of aryl methyl sites for hydroxylation is 2. The van der Waals surface area contributed by atoms with Gasteiger partial charge in [0, 0.05) is 12.2 Å². The van der Waals surface area contributed by atoms with E-state index in [4.69, 9.17) is 16.3 Å². The SMILES string of the molecule is COc1ccc(CNC(=O)CN(N)C(=O)c2cc(C)cc(C)c2N)cc1. The molecule has 0 spiro atoms. The highest BCUT2D eigenvalue weighted by Gasteiger charge is 2.19. The normalized spacial score (nSPS) is 10.3. The predicted molar refractivity (Wildman–Crippen MR) is 100 cm³/mol. The minimum Gasteiger partial charge on any atom is -0.497 e. The Morgan fingerprint density at radius 1 is 1.15 bits per heavy atom. The van der Waals surface area contributed by atoms with Crippen molar-refractivity contribution in [2.45, 2.75) is 20.4 Å². The van der Waals surface area contributed by atoms with Gasteiger partial charge in [0.1, 0.15) is 12.3 Å². The Hall–Kier alpha value is -3.06. The Morgan fingerprint density at radius 3 is 2.42 bits per heavy atom. The van der Waals surface area contributed by atoms with Gasteiger partial charge < -0.3 is 15.8 Å². The standard InChI is InChI=1S/C19H24N4O3/c1-12-8-13(2)18(20)16(9-12)19(25)23(21)11-17(24)22-10-14-4-6-15(26-3)7-5-14/h4-9H,10-11,20-21H2,1-3H3,(H,22,24). The second-order valence-electron chi connectivity index (χ2n) is 6.10. The molecule has 138 valence electrons. The van der Waals surface area contributed by atoms with Gasteiger partial charge in [-0.05, 0) is 48.7 Å². The first-order valence-electron chi connectivity index (χ1n) is 8.14. The number of amides is 2. The van der Waals surface area contributed by atoms with E-state index >= 15 is 0 Å². The first kappa shape index (κ1) is 19.3. The number of nitrogens with one attached hydrogen (secondary N) is 1. The van der Waals surface area contributed by atoms with E-state index < -0.39 is 5.91 Å². The lowest BCUT2D eigenvalue weighted by molar-refractivity contribution is -0.122. The van der Waals surface area contributed by atoms with Crippen molar-refractivity contribution in [2.24, 2.45) is 5.84 Å². The molecule has 0 saturated heterocycles. The van der Waals surface area contributed by atoms with Gasteiger partial charge in [-0.15, -0.1) is 0 Å². The molecule has 7 nitrogen and oxygen atoms in total. The molecule has 2 aromatic carbocycles. The third-order valence-corrected chi connectivity index (χ3v) is 3.99. The summed E-state index contributed by atoms with van der Waals surface area (Å²) in [6.07, 6.45) is 0. The second-order valence-corrected chi connectivity index (χ2v) is 6.10. The number of anilines is 1. The summed E-state index contributed by atoms with van der Waals surface area (Å²) >= 11 is 0. The summed E-state index contributed by atoms with van der Waals surface area (Å²) < 4.78 is 5.08. The largest absolute Gasteiger partial charge is 0.497 e. The summed E-state index contributed by atoms with van der Waals surface area (Å²) in [6, 6.07) is 10.9. The van der Waals surface area contributed by atoms with Crippen LogP contribution in [0.15, 0.2) is 36.4 Å². The van der Waals surface area contributed by atoms with E-state index in [0.717, 1.165) is 27.4 Å². The molecule has 0 aliphatic rings. The number of carbonyl (C=O) groups is 2. The highest BCUT2D eigenvalue weighted by Crippen LogP contribution is 2.20. The number of nitrogens with zero attached hydrogens (tertiary/aromatic N) is 1. The molecule has 0 radical (unpaired) electrons. The van der Waals surface area contributed by atoms with Crippen LogP contribution >= 0.6 is 0 Å². The van der Waals surface area contributed by atoms with Crippen molar-refractivity contribution in [3.63, 3.8) is 0 Å². The summed E-state index contributed by atoms with van der Waals surface area (Å²) in [5, 5.41) is 3.60. The average Bonchev–Trinajstić information content (AvgIpc) is 2.62. The molecule has 0 heterocycles. The molecule has 0 aromatic heterocycles. The lowest BCUT2D eigenvalue weighted by Gasteiger charge is -2.18. The fraction of sp³-hybridized carbons (Fsp3) is 0.263. The van der Waals surface area contributed by atoms with E-state index in [1.54, 1.807) is 13.2 Å². The Balaban J connectivity index is 1.94. The van der Waals surface area contributed by atoms with Crippen LogP contribution in [0.4, 0.5) is 5.69 Å². The maximum absolute atomic E-state index is 12.5. The highest BCUT2D eigenvalue weighted by atomic mass is 16.5. The molecule has 7 heteroatoms. The molecule has 5 N–H and O–H groups in total. The van der Waals surface area contributed by atoms with Gasteiger partial charge in [0.25, 0.3) is 5.91 Å². The molecule has 0 atom stereocenters. The summed E-state index contributed by atoms with van der Waals surface area (Å²) in [6.45, 7) is 3.76. The number of hydrazine groups is 1. The Morgan fingerprint density at radius 2 is 1.81 bits per heavy atom. The van der Waals surface area contributed by atoms with Crippen LogP contribution in [0, 0.1) is 13.8 Å². The zero-order chi connectivity index (χ0) is 19.3. The van der Waals surface area contributed by atoms with Crippen LogP contribution in [0.3, 0.4) is 0 Å². The Kier molecular flexibility index (Phi) is 6.19. The van der Waals surface area contributed by atoms with E-state index in [9.17, 15) is 9.59 Å². The maximum atomic E-state index is 12.5. The number of nitrogens with two attached hydrogens (primary N) is 2. The van der Waals surface area contributed by atoms with Crippen LogP contribution in [0.25, 0.3) is 0 Å². The van der Waals surface area contributed by atoms with Crippen LogP contribution in [0.1, 0.15) is 27.0 Å². The third-order valence-electron chi connectivity index (χ3n) is 3.99. The number of carbonyl (C=O) groups excluding carboxylic acids is 2. The van der Waals surface area contributed by atoms with Gasteiger partial charge in [0.05, 0.1) is 12.7 Å². The summed E-state index contributed by atoms with van der Waals surface area (Å²) in [5.74, 6) is 5.66. The molecule has 2 rings (SSSR count). The van der Waals surface area contributed by atoms with Gasteiger partial charge >= 0.3 is 0 Å². The van der Waals surface area contributed by atoms with Crippen molar-refractivity contribution < 1.29 is 14.3 Å². The molecule has 0 aliphatic carbocycles. The van der Waals surface area contributed by atoms with E-state index in [1.165, 1.54) is 0 Å². The van der Waals surface area contributed by atoms with Gasteiger partial charge in [-0.1, -0.05) is 18.2 Å². The van der Waals surface area contributed by atoms with E-state index in [0.29, 0.717) is 17.8 Å². The molecule has 0 aliphatic heterocycles. The van der Waals surface area contributed by atoms with E-state index in [2.05, 4.69) is 5.32 Å². The van der Waals surface area contributed by atoms with Crippen LogP contribution in [-0.4, -0.2) is 30.5 Å². The number of benzene rings is 2. The summed E-state index contributed by atoms with van der Waals surface area (Å²) in [7, 11) is 1.59. The van der Waals surface area contributed by atoms with Gasteiger partial charge in [-0.2, -0.15) is 0 Å². The maximum Gasteiger partial charge on any atom is 0.270 e. The van der Waals surface area contributed by atoms with E-state index in [1.807, 2.05) is 44.2 Å². The van der Waals surface area contributed by atoms with Crippen molar-refractivity contribution in [1.82, 2.24) is 10.3 Å². The average molecular weight is 356 g/mol. The number of hydrogen-bond donors (Lipinski definition) is 3. The van der Waals surface area contributed by atoms with Crippen LogP contribution < -0.4 is 21.6 Å². The molecule has 26 heavy (non-hydrogen) atoms. The quantitative estimate of drug-likeness (QED) is 0.315. The minimum absolute atomic E-state index is 0.262. The van der Waals surface area contributed by atoms with Gasteiger partial charge in [0.2, 0.25) is 5.91 Å². The minimum atomic E-state index is -0.492. The van der Waals surface area contributed by atoms with Crippen molar-refractivity contribution in [3.8, 4) is 5.75 Å². The van der Waals surface area contributed by atoms with Crippen LogP contribution in [0.2, 0.25) is 0 Å². The first-order valence-corrected chi connectivity index (χ1v) is 8.14. The van der Waals surface area contributed by atoms with Crippen molar-refractivity contribution in [3.05, 3.63) is 58.7 Å². The number of methoxy groups -OCH3 is 1. The zero-order valence-corrected chi connectivity index (χ0v) is 15.2. The van der Waals surface area contributed by atoms with Crippen LogP contribution in [-0.2, 0) is 11.3 Å². The molecule has 0 fully saturated rings. The van der Waals surface area contributed by atoms with Crippen molar-refractivity contribution >= 4 is 17.5 Å². The van der Waals surface area contributed by atoms with Crippen LogP contribution in [0.5, 0.6) is 5.75 Å². The second kappa shape index (κ2) is 8.35. The summed E-state index contributed by atoms with van der Waals surface area (Å²) in [5.41, 5.74) is 9.24. The topological polar surface area (TPSA) is 111 Å². The molecular weight excluding hydrogens is 332 g/mol. The molecular formula is C19H24N4O3. The Bertz CT molecular complexity index is 803. The number of nitrogen functional groups attached to an aromatic ring is 1. The number of ether oxygens (including phenoxy) is 1.